The quantitative estimate of drug-likeness (QED) is 0.810. The average Bonchev–Trinajstić information content (AvgIpc) is 2.42. The molecule has 0 aliphatic heterocycles. The molecular weight excluding hydrogens is 318 g/mol. The van der Waals surface area contributed by atoms with Crippen LogP contribution in [-0.2, 0) is 0 Å². The Balaban J connectivity index is 2.53. The highest BCUT2D eigenvalue weighted by Crippen LogP contribution is 2.31. The van der Waals surface area contributed by atoms with Crippen LogP contribution in [0.5, 0.6) is 5.75 Å². The van der Waals surface area contributed by atoms with E-state index in [0.29, 0.717) is 22.7 Å². The highest BCUT2D eigenvalue weighted by atomic mass is 79.9. The number of nitrogens with one attached hydrogen (secondary N) is 1. The van der Waals surface area contributed by atoms with Crippen molar-refractivity contribution in [3.8, 4) is 5.75 Å². The normalized spacial score (nSPS) is 11.2. The molecule has 4 heteroatoms. The Morgan fingerprint density at radius 2 is 2.10 bits per heavy atom. The molecule has 1 heterocycles. The summed E-state index contributed by atoms with van der Waals surface area (Å²) in [5, 5.41) is 0.942. The van der Waals surface area contributed by atoms with Crippen molar-refractivity contribution in [2.75, 3.05) is 6.61 Å². The molecule has 2 rings (SSSR count). The molecule has 0 radical (unpaired) electrons. The third-order valence-corrected chi connectivity index (χ3v) is 4.07. The molecule has 0 aliphatic rings. The van der Waals surface area contributed by atoms with E-state index < -0.39 is 0 Å². The third kappa shape index (κ3) is 3.06. The van der Waals surface area contributed by atoms with Gasteiger partial charge >= 0.3 is 0 Å². The molecule has 0 atom stereocenters. The number of benzene rings is 1. The average molecular weight is 338 g/mol. The minimum absolute atomic E-state index is 0.148. The van der Waals surface area contributed by atoms with E-state index in [1.807, 2.05) is 12.1 Å². The van der Waals surface area contributed by atoms with Crippen molar-refractivity contribution in [1.29, 1.82) is 0 Å². The maximum absolute atomic E-state index is 12.0. The number of H-pyrrole nitrogens is 1. The first-order chi connectivity index (χ1) is 9.54. The van der Waals surface area contributed by atoms with Gasteiger partial charge in [0, 0.05) is 5.39 Å². The number of ether oxygens (including phenoxy) is 1. The minimum atomic E-state index is -0.148. The van der Waals surface area contributed by atoms with Crippen molar-refractivity contribution in [3.63, 3.8) is 0 Å². The van der Waals surface area contributed by atoms with Gasteiger partial charge in [-0.05, 0) is 46.0 Å². The molecule has 0 saturated carbocycles. The zero-order valence-electron chi connectivity index (χ0n) is 12.1. The Morgan fingerprint density at radius 3 is 2.75 bits per heavy atom. The molecule has 2 aromatic rings. The second-order valence-corrected chi connectivity index (χ2v) is 6.05. The summed E-state index contributed by atoms with van der Waals surface area (Å²) in [5.41, 5.74) is 1.88. The predicted octanol–water partition coefficient (Wildman–Crippen LogP) is 4.59. The fraction of sp³-hybridized carbons (Fsp3) is 0.438. The van der Waals surface area contributed by atoms with Crippen molar-refractivity contribution in [1.82, 2.24) is 4.98 Å². The standard InChI is InChI=1S/C16H20BrNO2/c1-4-5-8-20-15-12-7-6-11(10(2)3)9-13(12)18-16(19)14(15)17/h6-7,9-10H,4-5,8H2,1-3H3,(H,18,19). The Morgan fingerprint density at radius 1 is 1.35 bits per heavy atom. The number of hydrogen-bond donors (Lipinski definition) is 1. The second-order valence-electron chi connectivity index (χ2n) is 5.26. The van der Waals surface area contributed by atoms with Crippen LogP contribution in [0.4, 0.5) is 0 Å². The number of halogens is 1. The molecule has 0 aliphatic carbocycles. The van der Waals surface area contributed by atoms with Crippen molar-refractivity contribution in [2.24, 2.45) is 0 Å². The highest BCUT2D eigenvalue weighted by molar-refractivity contribution is 9.10. The van der Waals surface area contributed by atoms with Gasteiger partial charge in [-0.1, -0.05) is 33.3 Å². The van der Waals surface area contributed by atoms with E-state index in [1.54, 1.807) is 0 Å². The van der Waals surface area contributed by atoms with Crippen LogP contribution in [0.3, 0.4) is 0 Å². The van der Waals surface area contributed by atoms with E-state index >= 15 is 0 Å². The fourth-order valence-electron chi connectivity index (χ4n) is 2.08. The maximum Gasteiger partial charge on any atom is 0.266 e. The Kier molecular flexibility index (Phi) is 4.86. The van der Waals surface area contributed by atoms with Crippen LogP contribution >= 0.6 is 15.9 Å². The molecule has 1 aromatic heterocycles. The number of rotatable bonds is 5. The summed E-state index contributed by atoms with van der Waals surface area (Å²) in [7, 11) is 0. The highest BCUT2D eigenvalue weighted by Gasteiger charge is 2.12. The Labute approximate surface area is 127 Å². The monoisotopic (exact) mass is 337 g/mol. The second kappa shape index (κ2) is 6.44. The first-order valence-electron chi connectivity index (χ1n) is 7.02. The van der Waals surface area contributed by atoms with Crippen molar-refractivity contribution in [3.05, 3.63) is 38.6 Å². The van der Waals surface area contributed by atoms with Gasteiger partial charge in [-0.2, -0.15) is 0 Å². The van der Waals surface area contributed by atoms with E-state index in [9.17, 15) is 4.79 Å². The molecule has 0 fully saturated rings. The van der Waals surface area contributed by atoms with Crippen LogP contribution in [0.1, 0.15) is 45.1 Å². The minimum Gasteiger partial charge on any atom is -0.491 e. The van der Waals surface area contributed by atoms with Crippen LogP contribution in [0.2, 0.25) is 0 Å². The SMILES string of the molecule is CCCCOc1c(Br)c(=O)[nH]c2cc(C(C)C)ccc12. The maximum atomic E-state index is 12.0. The first-order valence-corrected chi connectivity index (χ1v) is 7.82. The lowest BCUT2D eigenvalue weighted by Gasteiger charge is -2.12. The van der Waals surface area contributed by atoms with Crippen LogP contribution in [-0.4, -0.2) is 11.6 Å². The van der Waals surface area contributed by atoms with Crippen LogP contribution in [0.15, 0.2) is 27.5 Å². The zero-order valence-corrected chi connectivity index (χ0v) is 13.7. The van der Waals surface area contributed by atoms with E-state index in [4.69, 9.17) is 4.74 Å². The lowest BCUT2D eigenvalue weighted by Crippen LogP contribution is -2.10. The van der Waals surface area contributed by atoms with Crippen molar-refractivity contribution in [2.45, 2.75) is 39.5 Å². The smallest absolute Gasteiger partial charge is 0.266 e. The first kappa shape index (κ1) is 15.1. The van der Waals surface area contributed by atoms with E-state index in [0.717, 1.165) is 23.7 Å². The summed E-state index contributed by atoms with van der Waals surface area (Å²) in [5.74, 6) is 1.07. The number of aromatic nitrogens is 1. The third-order valence-electron chi connectivity index (χ3n) is 3.35. The van der Waals surface area contributed by atoms with Crippen LogP contribution in [0.25, 0.3) is 10.9 Å². The summed E-state index contributed by atoms with van der Waals surface area (Å²) < 4.78 is 6.28. The van der Waals surface area contributed by atoms with Crippen molar-refractivity contribution >= 4 is 26.8 Å². The lowest BCUT2D eigenvalue weighted by molar-refractivity contribution is 0.310. The lowest BCUT2D eigenvalue weighted by atomic mass is 10.0. The zero-order chi connectivity index (χ0) is 14.7. The molecule has 20 heavy (non-hydrogen) atoms. The van der Waals surface area contributed by atoms with Gasteiger partial charge in [0.1, 0.15) is 10.2 Å². The molecule has 0 bridgehead atoms. The topological polar surface area (TPSA) is 42.1 Å². The van der Waals surface area contributed by atoms with E-state index in [1.165, 1.54) is 5.56 Å². The molecule has 0 spiro atoms. The van der Waals surface area contributed by atoms with Gasteiger partial charge in [-0.25, -0.2) is 0 Å². The van der Waals surface area contributed by atoms with Gasteiger partial charge in [0.15, 0.2) is 0 Å². The van der Waals surface area contributed by atoms with Gasteiger partial charge in [0.2, 0.25) is 0 Å². The van der Waals surface area contributed by atoms with Gasteiger partial charge in [-0.3, -0.25) is 4.79 Å². The molecule has 1 aromatic carbocycles. The summed E-state index contributed by atoms with van der Waals surface area (Å²) in [6.07, 6.45) is 2.04. The predicted molar refractivity (Wildman–Crippen MR) is 86.8 cm³/mol. The molecule has 0 saturated heterocycles. The van der Waals surface area contributed by atoms with Gasteiger partial charge in [0.25, 0.3) is 5.56 Å². The largest absolute Gasteiger partial charge is 0.491 e. The molecule has 108 valence electrons. The molecule has 3 nitrogen and oxygen atoms in total. The Bertz CT molecular complexity index is 661. The summed E-state index contributed by atoms with van der Waals surface area (Å²) >= 11 is 3.33. The van der Waals surface area contributed by atoms with Crippen molar-refractivity contribution < 1.29 is 4.74 Å². The molecule has 1 N–H and O–H groups in total. The summed E-state index contributed by atoms with van der Waals surface area (Å²) in [6, 6.07) is 6.14. The molecule has 0 unspecified atom stereocenters. The summed E-state index contributed by atoms with van der Waals surface area (Å²) in [6.45, 7) is 7.01. The number of unbranched alkanes of at least 4 members (excludes halogenated alkanes) is 1. The fourth-order valence-corrected chi connectivity index (χ4v) is 2.51. The number of fused-ring (bicyclic) bond motifs is 1. The van der Waals surface area contributed by atoms with Crippen LogP contribution < -0.4 is 10.3 Å². The number of aromatic amines is 1. The van der Waals surface area contributed by atoms with Gasteiger partial charge in [0.05, 0.1) is 12.1 Å². The van der Waals surface area contributed by atoms with Gasteiger partial charge < -0.3 is 9.72 Å². The van der Waals surface area contributed by atoms with Crippen LogP contribution in [0, 0.1) is 0 Å². The molecular formula is C16H20BrNO2. The van der Waals surface area contributed by atoms with E-state index in [2.05, 4.69) is 47.8 Å². The summed E-state index contributed by atoms with van der Waals surface area (Å²) in [4.78, 5) is 14.9. The number of pyridine rings is 1. The van der Waals surface area contributed by atoms with Gasteiger partial charge in [-0.15, -0.1) is 0 Å². The number of hydrogen-bond acceptors (Lipinski definition) is 2. The van der Waals surface area contributed by atoms with E-state index in [-0.39, 0.29) is 5.56 Å². The Hall–Kier alpha value is -1.29. The molecule has 0 amide bonds.